The van der Waals surface area contributed by atoms with Gasteiger partial charge in [0.1, 0.15) is 11.7 Å². The van der Waals surface area contributed by atoms with Crippen molar-refractivity contribution in [3.05, 3.63) is 71.4 Å². The largest absolute Gasteiger partial charge is 0.497 e. The molecule has 2 atom stereocenters. The van der Waals surface area contributed by atoms with Crippen LogP contribution in [0, 0.1) is 5.92 Å². The van der Waals surface area contributed by atoms with Gasteiger partial charge in [0.2, 0.25) is 0 Å². The molecule has 0 spiro atoms. The Balaban J connectivity index is 2.03. The highest BCUT2D eigenvalue weighted by molar-refractivity contribution is 6.02. The molecule has 0 bridgehead atoms. The van der Waals surface area contributed by atoms with Crippen molar-refractivity contribution in [3.63, 3.8) is 0 Å². The average Bonchev–Trinajstić information content (AvgIpc) is 2.73. The van der Waals surface area contributed by atoms with E-state index < -0.39 is 35.3 Å². The Morgan fingerprint density at radius 1 is 1.16 bits per heavy atom. The number of ether oxygens (including phenoxy) is 2. The fraction of sp³-hybridized carbons (Fsp3) is 0.304. The Labute approximate surface area is 177 Å². The van der Waals surface area contributed by atoms with Crippen LogP contribution in [0.1, 0.15) is 30.4 Å². The number of Topliss-reactive ketones (excluding diaryl/α,β-unsaturated/α-hetero) is 1. The number of anilines is 1. The number of rotatable bonds is 6. The van der Waals surface area contributed by atoms with Gasteiger partial charge in [-0.05, 0) is 36.8 Å². The molecule has 1 N–H and O–H groups in total. The SMILES string of the molecule is CCOC(=O)C1C(=O)CC(Nc2ccccc2C(F)(F)F)=CC1c1cccc(OC)c1. The number of methoxy groups -OCH3 is 1. The van der Waals surface area contributed by atoms with Crippen LogP contribution in [0.25, 0.3) is 0 Å². The van der Waals surface area contributed by atoms with Crippen LogP contribution in [0.3, 0.4) is 0 Å². The molecule has 3 rings (SSSR count). The van der Waals surface area contributed by atoms with Gasteiger partial charge in [0, 0.05) is 18.0 Å². The van der Waals surface area contributed by atoms with E-state index in [0.717, 1.165) is 6.07 Å². The Kier molecular flexibility index (Phi) is 6.68. The predicted molar refractivity (Wildman–Crippen MR) is 109 cm³/mol. The third-order valence-electron chi connectivity index (χ3n) is 5.00. The molecule has 31 heavy (non-hydrogen) atoms. The molecule has 1 aliphatic carbocycles. The first-order valence-electron chi connectivity index (χ1n) is 9.71. The molecule has 0 aliphatic heterocycles. The van der Waals surface area contributed by atoms with E-state index in [1.54, 1.807) is 37.3 Å². The minimum Gasteiger partial charge on any atom is -0.497 e. The van der Waals surface area contributed by atoms with Crippen molar-refractivity contribution >= 4 is 17.4 Å². The van der Waals surface area contributed by atoms with E-state index in [1.165, 1.54) is 25.3 Å². The highest BCUT2D eigenvalue weighted by Crippen LogP contribution is 2.39. The highest BCUT2D eigenvalue weighted by atomic mass is 19.4. The van der Waals surface area contributed by atoms with Gasteiger partial charge in [-0.25, -0.2) is 0 Å². The van der Waals surface area contributed by atoms with Crippen molar-refractivity contribution in [2.24, 2.45) is 5.92 Å². The van der Waals surface area contributed by atoms with Gasteiger partial charge in [0.25, 0.3) is 0 Å². The van der Waals surface area contributed by atoms with Crippen LogP contribution in [0.5, 0.6) is 5.75 Å². The molecule has 5 nitrogen and oxygen atoms in total. The Morgan fingerprint density at radius 3 is 2.58 bits per heavy atom. The first-order chi connectivity index (χ1) is 14.7. The zero-order valence-electron chi connectivity index (χ0n) is 17.0. The van der Waals surface area contributed by atoms with Crippen molar-refractivity contribution < 1.29 is 32.2 Å². The molecule has 0 aromatic heterocycles. The third-order valence-corrected chi connectivity index (χ3v) is 5.00. The first-order valence-corrected chi connectivity index (χ1v) is 9.71. The van der Waals surface area contributed by atoms with Crippen LogP contribution < -0.4 is 10.1 Å². The maximum atomic E-state index is 13.4. The van der Waals surface area contributed by atoms with E-state index in [9.17, 15) is 22.8 Å². The number of hydrogen-bond acceptors (Lipinski definition) is 5. The molecule has 2 aromatic carbocycles. The third kappa shape index (κ3) is 5.07. The number of para-hydroxylation sites is 1. The second-order valence-corrected chi connectivity index (χ2v) is 7.04. The van der Waals surface area contributed by atoms with Crippen LogP contribution in [-0.2, 0) is 20.5 Å². The number of benzene rings is 2. The van der Waals surface area contributed by atoms with Gasteiger partial charge in [-0.15, -0.1) is 0 Å². The summed E-state index contributed by atoms with van der Waals surface area (Å²) < 4.78 is 50.4. The van der Waals surface area contributed by atoms with Crippen LogP contribution >= 0.6 is 0 Å². The van der Waals surface area contributed by atoms with Crippen molar-refractivity contribution in [2.45, 2.75) is 25.4 Å². The molecule has 0 radical (unpaired) electrons. The lowest BCUT2D eigenvalue weighted by molar-refractivity contribution is -0.152. The number of halogens is 3. The molecule has 0 fully saturated rings. The minimum atomic E-state index is -4.55. The van der Waals surface area contributed by atoms with Crippen LogP contribution in [0.15, 0.2) is 60.3 Å². The van der Waals surface area contributed by atoms with Crippen molar-refractivity contribution in [1.29, 1.82) is 0 Å². The summed E-state index contributed by atoms with van der Waals surface area (Å²) in [5.74, 6) is -2.36. The molecular weight excluding hydrogens is 411 g/mol. The van der Waals surface area contributed by atoms with Gasteiger partial charge < -0.3 is 14.8 Å². The monoisotopic (exact) mass is 433 g/mol. The van der Waals surface area contributed by atoms with E-state index >= 15 is 0 Å². The lowest BCUT2D eigenvalue weighted by Crippen LogP contribution is -2.35. The molecule has 164 valence electrons. The number of carbonyl (C=O) groups is 2. The quantitative estimate of drug-likeness (QED) is 0.516. The summed E-state index contributed by atoms with van der Waals surface area (Å²) in [4.78, 5) is 25.4. The van der Waals surface area contributed by atoms with E-state index in [1.807, 2.05) is 0 Å². The second kappa shape index (κ2) is 9.24. The van der Waals surface area contributed by atoms with Crippen LogP contribution in [-0.4, -0.2) is 25.5 Å². The fourth-order valence-electron chi connectivity index (χ4n) is 3.62. The highest BCUT2D eigenvalue weighted by Gasteiger charge is 2.40. The number of hydrogen-bond donors (Lipinski definition) is 1. The summed E-state index contributed by atoms with van der Waals surface area (Å²) in [6.45, 7) is 1.75. The summed E-state index contributed by atoms with van der Waals surface area (Å²) in [5.41, 5.74) is -0.0919. The predicted octanol–water partition coefficient (Wildman–Crippen LogP) is 4.95. The molecule has 2 aromatic rings. The number of ketones is 1. The zero-order valence-corrected chi connectivity index (χ0v) is 17.0. The average molecular weight is 433 g/mol. The first kappa shape index (κ1) is 22.4. The molecule has 0 saturated carbocycles. The Morgan fingerprint density at radius 2 is 1.90 bits per heavy atom. The van der Waals surface area contributed by atoms with E-state index in [2.05, 4.69) is 5.32 Å². The number of nitrogens with one attached hydrogen (secondary N) is 1. The molecule has 2 unspecified atom stereocenters. The lowest BCUT2D eigenvalue weighted by Gasteiger charge is -2.29. The second-order valence-electron chi connectivity index (χ2n) is 7.04. The van der Waals surface area contributed by atoms with E-state index in [-0.39, 0.29) is 24.4 Å². The van der Waals surface area contributed by atoms with Gasteiger partial charge in [-0.3, -0.25) is 9.59 Å². The zero-order chi connectivity index (χ0) is 22.6. The maximum absolute atomic E-state index is 13.4. The summed E-state index contributed by atoms with van der Waals surface area (Å²) in [6.07, 6.45) is -3.15. The number of carbonyl (C=O) groups excluding carboxylic acids is 2. The number of alkyl halides is 3. The van der Waals surface area contributed by atoms with Gasteiger partial charge in [0.15, 0.2) is 5.78 Å². The molecule has 0 heterocycles. The number of esters is 1. The van der Waals surface area contributed by atoms with Gasteiger partial charge >= 0.3 is 12.1 Å². The normalized spacial score (nSPS) is 18.9. The number of allylic oxidation sites excluding steroid dienone is 2. The summed E-state index contributed by atoms with van der Waals surface area (Å²) in [5, 5.41) is 2.74. The molecule has 0 amide bonds. The van der Waals surface area contributed by atoms with Crippen molar-refractivity contribution in [1.82, 2.24) is 0 Å². The van der Waals surface area contributed by atoms with Gasteiger partial charge in [0.05, 0.1) is 25.0 Å². The summed E-state index contributed by atoms with van der Waals surface area (Å²) >= 11 is 0. The van der Waals surface area contributed by atoms with Gasteiger partial charge in [-0.1, -0.05) is 30.3 Å². The lowest BCUT2D eigenvalue weighted by atomic mass is 9.77. The van der Waals surface area contributed by atoms with Crippen LogP contribution in [0.2, 0.25) is 0 Å². The molecule has 1 aliphatic rings. The molecular formula is C23H22F3NO4. The van der Waals surface area contributed by atoms with Crippen LogP contribution in [0.4, 0.5) is 18.9 Å². The minimum absolute atomic E-state index is 0.112. The smallest absolute Gasteiger partial charge is 0.418 e. The Bertz CT molecular complexity index is 1000. The molecule has 8 heteroatoms. The van der Waals surface area contributed by atoms with E-state index in [4.69, 9.17) is 9.47 Å². The van der Waals surface area contributed by atoms with E-state index in [0.29, 0.717) is 11.3 Å². The maximum Gasteiger partial charge on any atom is 0.418 e. The van der Waals surface area contributed by atoms with Gasteiger partial charge in [-0.2, -0.15) is 13.2 Å². The standard InChI is InChI=1S/C23H22F3NO4/c1-3-31-22(29)21-17(14-7-6-8-16(11-14)30-2)12-15(13-20(21)28)27-19-10-5-4-9-18(19)23(24,25)26/h4-12,17,21,27H,3,13H2,1-2H3. The molecule has 0 saturated heterocycles. The fourth-order valence-corrected chi connectivity index (χ4v) is 3.62. The summed E-state index contributed by atoms with van der Waals surface area (Å²) in [7, 11) is 1.49. The topological polar surface area (TPSA) is 64.6 Å². The van der Waals surface area contributed by atoms with Crippen molar-refractivity contribution in [2.75, 3.05) is 19.0 Å². The Hall–Kier alpha value is -3.29. The summed E-state index contributed by atoms with van der Waals surface area (Å²) in [6, 6.07) is 11.9. The van der Waals surface area contributed by atoms with Crippen molar-refractivity contribution in [3.8, 4) is 5.75 Å².